The molecule has 0 bridgehead atoms. The van der Waals surface area contributed by atoms with Gasteiger partial charge in [-0.15, -0.1) is 0 Å². The number of esters is 1. The molecule has 12 nitrogen and oxygen atoms in total. The Balaban J connectivity index is 0.00000168. The van der Waals surface area contributed by atoms with Gasteiger partial charge in [0.05, 0.1) is 25.5 Å². The molecule has 1 aliphatic heterocycles. The third kappa shape index (κ3) is 8.82. The summed E-state index contributed by atoms with van der Waals surface area (Å²) < 4.78 is 18.1. The van der Waals surface area contributed by atoms with E-state index in [1.54, 1.807) is 40.0 Å². The molecule has 0 spiro atoms. The molecule has 3 aromatic carbocycles. The zero-order valence-corrected chi connectivity index (χ0v) is 30.4. The summed E-state index contributed by atoms with van der Waals surface area (Å²) in [7, 11) is 1.30. The van der Waals surface area contributed by atoms with Crippen LogP contribution in [0.2, 0.25) is 10.0 Å². The summed E-state index contributed by atoms with van der Waals surface area (Å²) in [6.45, 7) is 5.06. The fourth-order valence-electron chi connectivity index (χ4n) is 6.36. The molecule has 52 heavy (non-hydrogen) atoms. The zero-order valence-electron chi connectivity index (χ0n) is 28.9. The van der Waals surface area contributed by atoms with Crippen LogP contribution in [0.15, 0.2) is 67.0 Å². The second kappa shape index (κ2) is 17.4. The Morgan fingerprint density at radius 1 is 1.06 bits per heavy atom. The monoisotopic (exact) mass is 748 g/mol. The molecule has 0 unspecified atom stereocenters. The third-order valence-electron chi connectivity index (χ3n) is 9.04. The Kier molecular flexibility index (Phi) is 12.7. The number of rotatable bonds is 12. The highest BCUT2D eigenvalue weighted by molar-refractivity contribution is 6.31. The highest BCUT2D eigenvalue weighted by Crippen LogP contribution is 2.57. The van der Waals surface area contributed by atoms with E-state index >= 15 is 0 Å². The molecule has 2 amide bonds. The van der Waals surface area contributed by atoms with Crippen LogP contribution < -0.4 is 15.0 Å². The van der Waals surface area contributed by atoms with Crippen molar-refractivity contribution in [1.29, 1.82) is 0 Å². The summed E-state index contributed by atoms with van der Waals surface area (Å²) in [5.41, 5.74) is 5.81. The van der Waals surface area contributed by atoms with Crippen molar-refractivity contribution in [2.24, 2.45) is 5.92 Å². The van der Waals surface area contributed by atoms with Gasteiger partial charge in [0.15, 0.2) is 0 Å². The van der Waals surface area contributed by atoms with Crippen LogP contribution in [0.5, 0.6) is 5.75 Å². The molecule has 4 aromatic rings. The number of carbonyl (C=O) groups excluding carboxylic acids is 5. The number of halogens is 2. The van der Waals surface area contributed by atoms with Crippen molar-refractivity contribution in [3.63, 3.8) is 0 Å². The van der Waals surface area contributed by atoms with Gasteiger partial charge in [-0.3, -0.25) is 14.4 Å². The minimum atomic E-state index is -0.728. The molecule has 2 heterocycles. The number of amides is 2. The molecule has 3 atom stereocenters. The van der Waals surface area contributed by atoms with Gasteiger partial charge in [0.25, 0.3) is 5.91 Å². The van der Waals surface area contributed by atoms with Crippen molar-refractivity contribution in [3.8, 4) is 16.9 Å². The number of nitrogens with one attached hydrogen (secondary N) is 1. The van der Waals surface area contributed by atoms with Gasteiger partial charge in [-0.1, -0.05) is 54.7 Å². The lowest BCUT2D eigenvalue weighted by atomic mass is 9.93. The number of carbonyl (C=O) groups is 3. The Hall–Kier alpha value is -5.16. The fraction of sp³-hybridized carbons (Fsp3) is 0.342. The summed E-state index contributed by atoms with van der Waals surface area (Å²) in [6, 6.07) is 15.7. The normalized spacial score (nSPS) is 15.8. The molecule has 0 radical (unpaired) electrons. The lowest BCUT2D eigenvalue weighted by Gasteiger charge is -2.29. The first-order chi connectivity index (χ1) is 25.1. The van der Waals surface area contributed by atoms with E-state index in [0.29, 0.717) is 64.7 Å². The standard InChI is InChI=1S/C37H38Cl2N4O6.CO2/c1-4-7-31(36(45)47-3)41-35(44)23-12-13-30(39)25(16-23)19-42-20-26(18-40-42)27-8-5-10-32-34(27)28-17-24(28)21-43(32)37(46)49-15-14-48-33-11-6-9-29(38)22(33)2;2-1-3/h5-6,8-13,16,18,20,24,28,31H,4,7,14-15,17,19,21H2,1-3H3,(H,41,44);/t24-,28-,31+;/m0./s1. The molecular formula is C38H38Cl2N4O8. The van der Waals surface area contributed by atoms with Crippen LogP contribution in [0.25, 0.3) is 11.1 Å². The number of nitrogens with zero attached hydrogens (tertiary/aromatic N) is 3. The highest BCUT2D eigenvalue weighted by atomic mass is 35.5. The van der Waals surface area contributed by atoms with E-state index in [0.717, 1.165) is 34.4 Å². The van der Waals surface area contributed by atoms with E-state index in [2.05, 4.69) is 16.5 Å². The maximum absolute atomic E-state index is 13.3. The van der Waals surface area contributed by atoms with Crippen molar-refractivity contribution in [2.75, 3.05) is 31.8 Å². The number of hydrogen-bond donors (Lipinski definition) is 1. The van der Waals surface area contributed by atoms with Gasteiger partial charge in [0, 0.05) is 39.5 Å². The van der Waals surface area contributed by atoms with Crippen LogP contribution >= 0.6 is 23.2 Å². The van der Waals surface area contributed by atoms with Crippen LogP contribution in [0, 0.1) is 12.8 Å². The lowest BCUT2D eigenvalue weighted by molar-refractivity contribution is -0.191. The molecule has 1 N–H and O–H groups in total. The maximum atomic E-state index is 13.3. The van der Waals surface area contributed by atoms with Crippen LogP contribution in [0.3, 0.4) is 0 Å². The summed E-state index contributed by atoms with van der Waals surface area (Å²) in [4.78, 5) is 56.4. The Morgan fingerprint density at radius 2 is 1.83 bits per heavy atom. The number of hydrogen-bond acceptors (Lipinski definition) is 9. The minimum Gasteiger partial charge on any atom is -0.490 e. The number of anilines is 1. The Bertz CT molecular complexity index is 1980. The predicted molar refractivity (Wildman–Crippen MR) is 193 cm³/mol. The van der Waals surface area contributed by atoms with Gasteiger partial charge < -0.3 is 19.5 Å². The number of aromatic nitrogens is 2. The molecule has 1 aliphatic carbocycles. The van der Waals surface area contributed by atoms with E-state index in [1.807, 2.05) is 44.3 Å². The molecule has 14 heteroatoms. The lowest BCUT2D eigenvalue weighted by Crippen LogP contribution is -2.41. The molecule has 1 fully saturated rings. The fourth-order valence-corrected chi connectivity index (χ4v) is 6.71. The number of methoxy groups -OCH3 is 1. The van der Waals surface area contributed by atoms with Gasteiger partial charge in [0.2, 0.25) is 0 Å². The van der Waals surface area contributed by atoms with Crippen molar-refractivity contribution in [3.05, 3.63) is 99.3 Å². The van der Waals surface area contributed by atoms with E-state index < -0.39 is 18.1 Å². The van der Waals surface area contributed by atoms with Crippen LogP contribution in [0.4, 0.5) is 10.5 Å². The van der Waals surface area contributed by atoms with Gasteiger partial charge in [-0.2, -0.15) is 14.7 Å². The highest BCUT2D eigenvalue weighted by Gasteiger charge is 2.48. The topological polar surface area (TPSA) is 146 Å². The average molecular weight is 750 g/mol. The largest absolute Gasteiger partial charge is 0.490 e. The van der Waals surface area contributed by atoms with Gasteiger partial charge in [0.1, 0.15) is 25.0 Å². The summed E-state index contributed by atoms with van der Waals surface area (Å²) in [6.07, 6.45) is 5.77. The quantitative estimate of drug-likeness (QED) is 0.122. The van der Waals surface area contributed by atoms with Crippen LogP contribution in [-0.4, -0.2) is 66.8 Å². The zero-order chi connectivity index (χ0) is 37.4. The second-order valence-electron chi connectivity index (χ2n) is 12.4. The smallest absolute Gasteiger partial charge is 0.414 e. The SMILES string of the molecule is CCC[C@@H](NC(=O)c1ccc(Cl)c(Cn2cc(-c3cccc4c3[C@H]3C[C@H]3CN4C(=O)OCCOc3cccc(Cl)c3C)cn2)c1)C(=O)OC.O=C=O. The Morgan fingerprint density at radius 3 is 2.58 bits per heavy atom. The molecule has 1 aromatic heterocycles. The third-order valence-corrected chi connectivity index (χ3v) is 9.82. The van der Waals surface area contributed by atoms with Crippen molar-refractivity contribution < 1.29 is 38.2 Å². The van der Waals surface area contributed by atoms with Crippen molar-refractivity contribution in [1.82, 2.24) is 15.1 Å². The molecular weight excluding hydrogens is 711 g/mol. The van der Waals surface area contributed by atoms with Crippen LogP contribution in [0.1, 0.15) is 59.2 Å². The van der Waals surface area contributed by atoms with Crippen LogP contribution in [-0.2, 0) is 30.4 Å². The second-order valence-corrected chi connectivity index (χ2v) is 13.2. The average Bonchev–Trinajstić information content (AvgIpc) is 3.79. The van der Waals surface area contributed by atoms with Crippen molar-refractivity contribution in [2.45, 2.75) is 51.6 Å². The predicted octanol–water partition coefficient (Wildman–Crippen LogP) is 6.84. The Labute approximate surface area is 310 Å². The minimum absolute atomic E-state index is 0.104. The van der Waals surface area contributed by atoms with E-state index in [4.69, 9.17) is 47.0 Å². The molecule has 1 saturated carbocycles. The first-order valence-corrected chi connectivity index (χ1v) is 17.5. The van der Waals surface area contributed by atoms with Gasteiger partial charge in [-0.25, -0.2) is 9.59 Å². The van der Waals surface area contributed by atoms with Gasteiger partial charge >= 0.3 is 18.2 Å². The van der Waals surface area contributed by atoms with E-state index in [9.17, 15) is 14.4 Å². The van der Waals surface area contributed by atoms with Crippen molar-refractivity contribution >= 4 is 53.0 Å². The molecule has 272 valence electrons. The summed E-state index contributed by atoms with van der Waals surface area (Å²) in [5, 5.41) is 8.49. The molecule has 6 rings (SSSR count). The number of ether oxygens (including phenoxy) is 3. The molecule has 2 aliphatic rings. The number of benzene rings is 3. The summed E-state index contributed by atoms with van der Waals surface area (Å²) in [5.74, 6) is 0.521. The first-order valence-electron chi connectivity index (χ1n) is 16.7. The number of fused-ring (bicyclic) bond motifs is 3. The first kappa shape index (κ1) is 38.1. The van der Waals surface area contributed by atoms with E-state index in [1.165, 1.54) is 7.11 Å². The molecule has 0 saturated heterocycles. The van der Waals surface area contributed by atoms with E-state index in [-0.39, 0.29) is 25.3 Å². The maximum Gasteiger partial charge on any atom is 0.414 e. The van der Waals surface area contributed by atoms with Gasteiger partial charge in [-0.05, 0) is 84.7 Å². The summed E-state index contributed by atoms with van der Waals surface area (Å²) >= 11 is 12.7.